The van der Waals surface area contributed by atoms with Crippen molar-refractivity contribution in [3.05, 3.63) is 0 Å². The molecule has 0 aromatic heterocycles. The van der Waals surface area contributed by atoms with Gasteiger partial charge in [0.25, 0.3) is 0 Å². The Morgan fingerprint density at radius 1 is 1.83 bits per heavy atom. The summed E-state index contributed by atoms with van der Waals surface area (Å²) in [6, 6.07) is 0. The Kier molecular flexibility index (Phi) is 1.47. The van der Waals surface area contributed by atoms with Gasteiger partial charge in [0.15, 0.2) is 0 Å². The van der Waals surface area contributed by atoms with Crippen LogP contribution in [0, 0.1) is 0 Å². The summed E-state index contributed by atoms with van der Waals surface area (Å²) in [5.74, 6) is -2.88. The first-order valence-electron chi connectivity index (χ1n) is 1.51. The molecule has 1 atom stereocenters. The summed E-state index contributed by atoms with van der Waals surface area (Å²) in [5.41, 5.74) is 0. The topological polar surface area (TPSA) is 23.1 Å². The molecule has 3 heteroatoms. The van der Waals surface area contributed by atoms with Gasteiger partial charge in [0.1, 0.15) is 6.67 Å². The minimum Gasteiger partial charge on any atom is -0.823 e. The second kappa shape index (κ2) is 1.51. The molecule has 0 rings (SSSR count). The fraction of sp³-hybridized carbons (Fsp3) is 1.00. The molecule has 0 radical (unpaired) electrons. The van der Waals surface area contributed by atoms with Gasteiger partial charge in [0, 0.05) is 0 Å². The zero-order chi connectivity index (χ0) is 5.21. The number of rotatable bonds is 1. The van der Waals surface area contributed by atoms with E-state index in [0.29, 0.717) is 6.92 Å². The molecular formula is C3H5F2O-. The van der Waals surface area contributed by atoms with E-state index in [0.717, 1.165) is 0 Å². The van der Waals surface area contributed by atoms with Crippen molar-refractivity contribution in [2.24, 2.45) is 0 Å². The predicted octanol–water partition coefficient (Wildman–Crippen LogP) is 0.00190. The van der Waals surface area contributed by atoms with E-state index in [1.807, 2.05) is 0 Å². The normalized spacial score (nSPS) is 20.0. The van der Waals surface area contributed by atoms with Crippen molar-refractivity contribution in [3.63, 3.8) is 0 Å². The van der Waals surface area contributed by atoms with Gasteiger partial charge in [0.2, 0.25) is 0 Å². The molecule has 6 heavy (non-hydrogen) atoms. The minimum atomic E-state index is -2.88. The molecule has 0 aliphatic heterocycles. The van der Waals surface area contributed by atoms with Gasteiger partial charge in [-0.05, 0) is 6.92 Å². The SMILES string of the molecule is CC([O-])(F)CF. The average Bonchev–Trinajstić information content (AvgIpc) is 1.35. The van der Waals surface area contributed by atoms with Gasteiger partial charge >= 0.3 is 0 Å². The van der Waals surface area contributed by atoms with Gasteiger partial charge in [0.05, 0.1) is 5.85 Å². The lowest BCUT2D eigenvalue weighted by molar-refractivity contribution is -0.518. The molecule has 0 aliphatic rings. The first-order chi connectivity index (χ1) is 2.56. The van der Waals surface area contributed by atoms with E-state index in [1.165, 1.54) is 0 Å². The smallest absolute Gasteiger partial charge is 0.108 e. The molecule has 0 N–H and O–H groups in total. The molecule has 0 saturated heterocycles. The van der Waals surface area contributed by atoms with Crippen LogP contribution in [0.2, 0.25) is 0 Å². The highest BCUT2D eigenvalue weighted by molar-refractivity contribution is 4.47. The number of hydrogen-bond donors (Lipinski definition) is 0. The summed E-state index contributed by atoms with van der Waals surface area (Å²) in [6.45, 7) is -0.806. The molecule has 0 spiro atoms. The van der Waals surface area contributed by atoms with Crippen LogP contribution >= 0.6 is 0 Å². The van der Waals surface area contributed by atoms with Crippen LogP contribution < -0.4 is 5.11 Å². The van der Waals surface area contributed by atoms with E-state index in [2.05, 4.69) is 0 Å². The third-order valence-electron chi connectivity index (χ3n) is 0.239. The van der Waals surface area contributed by atoms with E-state index in [1.54, 1.807) is 0 Å². The van der Waals surface area contributed by atoms with Gasteiger partial charge in [-0.1, -0.05) is 0 Å². The molecule has 0 bridgehead atoms. The Morgan fingerprint density at radius 2 is 2.00 bits per heavy atom. The largest absolute Gasteiger partial charge is 0.823 e. The summed E-state index contributed by atoms with van der Waals surface area (Å²) in [6.07, 6.45) is 0. The highest BCUT2D eigenvalue weighted by Crippen LogP contribution is 1.97. The van der Waals surface area contributed by atoms with Crippen LogP contribution in [0.3, 0.4) is 0 Å². The molecular weight excluding hydrogens is 90.0 g/mol. The third-order valence-corrected chi connectivity index (χ3v) is 0.239. The quantitative estimate of drug-likeness (QED) is 0.449. The first-order valence-corrected chi connectivity index (χ1v) is 1.51. The minimum absolute atomic E-state index is 0.646. The molecule has 0 aliphatic carbocycles. The van der Waals surface area contributed by atoms with Gasteiger partial charge in [-0.25, -0.2) is 4.39 Å². The fourth-order valence-electron chi connectivity index (χ4n) is 0. The second-order valence-corrected chi connectivity index (χ2v) is 1.24. The molecule has 38 valence electrons. The Hall–Kier alpha value is -0.180. The summed E-state index contributed by atoms with van der Waals surface area (Å²) < 4.78 is 22.0. The van der Waals surface area contributed by atoms with Crippen LogP contribution in [0.5, 0.6) is 0 Å². The zero-order valence-electron chi connectivity index (χ0n) is 3.37. The average molecular weight is 95.1 g/mol. The molecule has 0 aromatic carbocycles. The van der Waals surface area contributed by atoms with Gasteiger partial charge < -0.3 is 5.11 Å². The second-order valence-electron chi connectivity index (χ2n) is 1.24. The molecule has 0 aromatic rings. The van der Waals surface area contributed by atoms with Crippen molar-refractivity contribution >= 4 is 0 Å². The molecule has 0 amide bonds. The van der Waals surface area contributed by atoms with Crippen molar-refractivity contribution < 1.29 is 13.9 Å². The molecule has 1 unspecified atom stereocenters. The zero-order valence-corrected chi connectivity index (χ0v) is 3.37. The number of alkyl halides is 2. The lowest BCUT2D eigenvalue weighted by atomic mass is 10.4. The predicted molar refractivity (Wildman–Crippen MR) is 15.5 cm³/mol. The summed E-state index contributed by atoms with van der Waals surface area (Å²) in [5, 5.41) is 9.43. The van der Waals surface area contributed by atoms with E-state index in [4.69, 9.17) is 0 Å². The van der Waals surface area contributed by atoms with Crippen LogP contribution in [-0.2, 0) is 0 Å². The molecule has 0 saturated carbocycles. The van der Waals surface area contributed by atoms with Gasteiger partial charge in [-0.3, -0.25) is 4.39 Å². The summed E-state index contributed by atoms with van der Waals surface area (Å²) in [7, 11) is 0. The van der Waals surface area contributed by atoms with Crippen molar-refractivity contribution in [1.29, 1.82) is 0 Å². The molecule has 0 fully saturated rings. The van der Waals surface area contributed by atoms with Crippen molar-refractivity contribution in [2.45, 2.75) is 12.8 Å². The maximum absolute atomic E-state index is 11.2. The summed E-state index contributed by atoms with van der Waals surface area (Å²) >= 11 is 0. The van der Waals surface area contributed by atoms with Crippen LogP contribution in [-0.4, -0.2) is 12.5 Å². The monoisotopic (exact) mass is 95.0 g/mol. The van der Waals surface area contributed by atoms with Crippen LogP contribution in [0.25, 0.3) is 0 Å². The third kappa shape index (κ3) is 3.82. The molecule has 1 nitrogen and oxygen atoms in total. The maximum atomic E-state index is 11.2. The number of halogens is 2. The van der Waals surface area contributed by atoms with Crippen molar-refractivity contribution in [2.75, 3.05) is 6.67 Å². The summed E-state index contributed by atoms with van der Waals surface area (Å²) in [4.78, 5) is 0. The van der Waals surface area contributed by atoms with Gasteiger partial charge in [-0.15, -0.1) is 0 Å². The van der Waals surface area contributed by atoms with Crippen molar-refractivity contribution in [1.82, 2.24) is 0 Å². The van der Waals surface area contributed by atoms with Gasteiger partial charge in [-0.2, -0.15) is 0 Å². The molecule has 0 heterocycles. The maximum Gasteiger partial charge on any atom is 0.108 e. The Balaban J connectivity index is 3.17. The Labute approximate surface area is 34.6 Å². The van der Waals surface area contributed by atoms with E-state index in [9.17, 15) is 13.9 Å². The van der Waals surface area contributed by atoms with E-state index < -0.39 is 12.5 Å². The highest BCUT2D eigenvalue weighted by Gasteiger charge is 2.02. The highest BCUT2D eigenvalue weighted by atomic mass is 19.2. The lowest BCUT2D eigenvalue weighted by Crippen LogP contribution is -2.36. The van der Waals surface area contributed by atoms with E-state index >= 15 is 0 Å². The van der Waals surface area contributed by atoms with Crippen molar-refractivity contribution in [3.8, 4) is 0 Å². The fourth-order valence-corrected chi connectivity index (χ4v) is 0. The van der Waals surface area contributed by atoms with Crippen LogP contribution in [0.4, 0.5) is 8.78 Å². The lowest BCUT2D eigenvalue weighted by Gasteiger charge is -2.20. The standard InChI is InChI=1S/C3H5F2O/c1-3(5,6)2-4/h2H2,1H3/q-1. The Bertz CT molecular complexity index is 38.5. The van der Waals surface area contributed by atoms with Crippen LogP contribution in [0.1, 0.15) is 6.92 Å². The van der Waals surface area contributed by atoms with E-state index in [-0.39, 0.29) is 0 Å². The first kappa shape index (κ1) is 5.82. The van der Waals surface area contributed by atoms with Crippen LogP contribution in [0.15, 0.2) is 0 Å². The number of hydrogen-bond acceptors (Lipinski definition) is 1. The Morgan fingerprint density at radius 3 is 2.00 bits per heavy atom.